The van der Waals surface area contributed by atoms with Gasteiger partial charge in [-0.15, -0.1) is 24.8 Å². The maximum absolute atomic E-state index is 5.51. The van der Waals surface area contributed by atoms with E-state index in [0.29, 0.717) is 6.54 Å². The van der Waals surface area contributed by atoms with E-state index >= 15 is 0 Å². The van der Waals surface area contributed by atoms with Gasteiger partial charge in [0.2, 0.25) is 0 Å². The predicted molar refractivity (Wildman–Crippen MR) is 68.9 cm³/mol. The highest BCUT2D eigenvalue weighted by molar-refractivity contribution is 5.85. The number of benzene rings is 1. The zero-order valence-corrected chi connectivity index (χ0v) is 10.1. The summed E-state index contributed by atoms with van der Waals surface area (Å²) in [6.07, 6.45) is 0. The van der Waals surface area contributed by atoms with Gasteiger partial charge in [-0.05, 0) is 25.1 Å². The van der Waals surface area contributed by atoms with Crippen molar-refractivity contribution in [2.75, 3.05) is 0 Å². The molecule has 0 aliphatic rings. The average molecular weight is 245 g/mol. The smallest absolute Gasteiger partial charge is 0.0706 e. The molecule has 0 amide bonds. The van der Waals surface area contributed by atoms with E-state index in [1.54, 1.807) is 0 Å². The van der Waals surface area contributed by atoms with Gasteiger partial charge in [-0.25, -0.2) is 0 Å². The molecule has 0 atom stereocenters. The van der Waals surface area contributed by atoms with Crippen LogP contribution in [-0.2, 0) is 6.54 Å². The minimum absolute atomic E-state index is 0. The van der Waals surface area contributed by atoms with Gasteiger partial charge >= 0.3 is 0 Å². The van der Waals surface area contributed by atoms with Gasteiger partial charge in [-0.3, -0.25) is 4.98 Å². The number of hydrogen-bond donors (Lipinski definition) is 1. The highest BCUT2D eigenvalue weighted by Crippen LogP contribution is 2.13. The Morgan fingerprint density at radius 1 is 1.13 bits per heavy atom. The van der Waals surface area contributed by atoms with Crippen LogP contribution in [0.5, 0.6) is 0 Å². The van der Waals surface area contributed by atoms with Gasteiger partial charge in [0.15, 0.2) is 0 Å². The van der Waals surface area contributed by atoms with Crippen molar-refractivity contribution in [2.45, 2.75) is 13.5 Å². The summed E-state index contributed by atoms with van der Waals surface area (Å²) >= 11 is 0. The first-order chi connectivity index (χ1) is 6.29. The molecule has 1 aromatic carbocycles. The normalized spacial score (nSPS) is 9.20. The van der Waals surface area contributed by atoms with Crippen LogP contribution in [0.25, 0.3) is 10.9 Å². The third-order valence-corrected chi connectivity index (χ3v) is 2.11. The highest BCUT2D eigenvalue weighted by Gasteiger charge is 1.96. The third kappa shape index (κ3) is 3.06. The lowest BCUT2D eigenvalue weighted by Gasteiger charge is -2.00. The van der Waals surface area contributed by atoms with Crippen molar-refractivity contribution in [2.24, 2.45) is 5.73 Å². The number of aryl methyl sites for hydroxylation is 1. The van der Waals surface area contributed by atoms with E-state index < -0.39 is 0 Å². The number of nitrogens with two attached hydrogens (primary N) is 1. The molecule has 1 aromatic heterocycles. The molecule has 0 saturated heterocycles. The lowest BCUT2D eigenvalue weighted by atomic mass is 10.1. The maximum Gasteiger partial charge on any atom is 0.0706 e. The molecule has 1 heterocycles. The molecule has 0 saturated carbocycles. The number of aromatic nitrogens is 1. The van der Waals surface area contributed by atoms with Crippen molar-refractivity contribution >= 4 is 35.7 Å². The van der Waals surface area contributed by atoms with Crippen molar-refractivity contribution in [3.8, 4) is 0 Å². The van der Waals surface area contributed by atoms with Gasteiger partial charge in [0.1, 0.15) is 0 Å². The van der Waals surface area contributed by atoms with Crippen molar-refractivity contribution in [1.82, 2.24) is 4.98 Å². The summed E-state index contributed by atoms with van der Waals surface area (Å²) in [6.45, 7) is 2.58. The summed E-state index contributed by atoms with van der Waals surface area (Å²) in [4.78, 5) is 4.41. The van der Waals surface area contributed by atoms with Crippen LogP contribution in [0.3, 0.4) is 0 Å². The van der Waals surface area contributed by atoms with Gasteiger partial charge < -0.3 is 5.73 Å². The number of nitrogens with zero attached hydrogens (tertiary/aromatic N) is 1. The Morgan fingerprint density at radius 3 is 2.53 bits per heavy atom. The molecule has 0 aliphatic heterocycles. The molecule has 2 nitrogen and oxygen atoms in total. The van der Waals surface area contributed by atoms with E-state index in [2.05, 4.69) is 30.1 Å². The molecule has 0 bridgehead atoms. The lowest BCUT2D eigenvalue weighted by Crippen LogP contribution is -1.98. The molecular formula is C11H14Cl2N2. The minimum Gasteiger partial charge on any atom is -0.325 e. The van der Waals surface area contributed by atoms with E-state index in [1.165, 1.54) is 10.9 Å². The van der Waals surface area contributed by atoms with Crippen LogP contribution >= 0.6 is 24.8 Å². The summed E-state index contributed by atoms with van der Waals surface area (Å²) in [5.41, 5.74) is 8.73. The molecule has 15 heavy (non-hydrogen) atoms. The van der Waals surface area contributed by atoms with Crippen molar-refractivity contribution in [1.29, 1.82) is 0 Å². The standard InChI is InChI=1S/C11H12N2.2ClH/c1-8-2-5-11-9(6-8)3-4-10(7-12)13-11;;/h2-6H,7,12H2,1H3;2*1H. The van der Waals surface area contributed by atoms with Crippen LogP contribution in [-0.4, -0.2) is 4.98 Å². The lowest BCUT2D eigenvalue weighted by molar-refractivity contribution is 1.01. The zero-order valence-electron chi connectivity index (χ0n) is 8.43. The summed E-state index contributed by atoms with van der Waals surface area (Å²) < 4.78 is 0. The molecule has 2 N–H and O–H groups in total. The monoisotopic (exact) mass is 244 g/mol. The van der Waals surface area contributed by atoms with Crippen LogP contribution in [0.1, 0.15) is 11.3 Å². The Bertz CT molecular complexity index is 444. The fourth-order valence-electron chi connectivity index (χ4n) is 1.40. The molecule has 2 aromatic rings. The molecule has 0 unspecified atom stereocenters. The zero-order chi connectivity index (χ0) is 9.26. The quantitative estimate of drug-likeness (QED) is 0.838. The van der Waals surface area contributed by atoms with E-state index in [4.69, 9.17) is 5.73 Å². The van der Waals surface area contributed by atoms with Gasteiger partial charge in [0.05, 0.1) is 11.2 Å². The minimum atomic E-state index is 0. The Hall–Kier alpha value is -0.830. The number of halogens is 2. The first-order valence-corrected chi connectivity index (χ1v) is 4.36. The highest BCUT2D eigenvalue weighted by atomic mass is 35.5. The number of hydrogen-bond acceptors (Lipinski definition) is 2. The topological polar surface area (TPSA) is 38.9 Å². The Balaban J connectivity index is 0.000000980. The van der Waals surface area contributed by atoms with Crippen LogP contribution in [0, 0.1) is 6.92 Å². The molecule has 0 aliphatic carbocycles. The summed E-state index contributed by atoms with van der Waals surface area (Å²) in [7, 11) is 0. The molecule has 0 spiro atoms. The second-order valence-electron chi connectivity index (χ2n) is 3.20. The molecule has 4 heteroatoms. The van der Waals surface area contributed by atoms with E-state index in [9.17, 15) is 0 Å². The predicted octanol–water partition coefficient (Wildman–Crippen LogP) is 2.85. The van der Waals surface area contributed by atoms with Crippen LogP contribution in [0.4, 0.5) is 0 Å². The van der Waals surface area contributed by atoms with E-state index in [-0.39, 0.29) is 24.8 Å². The van der Waals surface area contributed by atoms with Gasteiger partial charge in [-0.2, -0.15) is 0 Å². The average Bonchev–Trinajstić information content (AvgIpc) is 2.17. The molecular weight excluding hydrogens is 231 g/mol. The van der Waals surface area contributed by atoms with Crippen LogP contribution in [0.15, 0.2) is 30.3 Å². The van der Waals surface area contributed by atoms with Gasteiger partial charge in [-0.1, -0.05) is 17.7 Å². The third-order valence-electron chi connectivity index (χ3n) is 2.11. The largest absolute Gasteiger partial charge is 0.325 e. The Kier molecular flexibility index (Phi) is 5.58. The van der Waals surface area contributed by atoms with Gasteiger partial charge in [0, 0.05) is 11.9 Å². The molecule has 0 fully saturated rings. The van der Waals surface area contributed by atoms with E-state index in [0.717, 1.165) is 11.2 Å². The van der Waals surface area contributed by atoms with E-state index in [1.807, 2.05) is 12.1 Å². The second-order valence-corrected chi connectivity index (χ2v) is 3.20. The second kappa shape index (κ2) is 5.91. The first kappa shape index (κ1) is 14.2. The summed E-state index contributed by atoms with van der Waals surface area (Å²) in [5.74, 6) is 0. The number of fused-ring (bicyclic) bond motifs is 1. The number of pyridine rings is 1. The molecule has 2 rings (SSSR count). The van der Waals surface area contributed by atoms with Crippen molar-refractivity contribution < 1.29 is 0 Å². The maximum atomic E-state index is 5.51. The Morgan fingerprint density at radius 2 is 1.87 bits per heavy atom. The van der Waals surface area contributed by atoms with Crippen molar-refractivity contribution in [3.05, 3.63) is 41.6 Å². The van der Waals surface area contributed by atoms with Crippen molar-refractivity contribution in [3.63, 3.8) is 0 Å². The summed E-state index contributed by atoms with van der Waals surface area (Å²) in [6, 6.07) is 10.3. The molecule has 0 radical (unpaired) electrons. The fraction of sp³-hybridized carbons (Fsp3) is 0.182. The Labute approximate surface area is 102 Å². The van der Waals surface area contributed by atoms with Gasteiger partial charge in [0.25, 0.3) is 0 Å². The number of rotatable bonds is 1. The summed E-state index contributed by atoms with van der Waals surface area (Å²) in [5, 5.41) is 1.18. The fourth-order valence-corrected chi connectivity index (χ4v) is 1.40. The molecule has 82 valence electrons. The first-order valence-electron chi connectivity index (χ1n) is 4.36. The van der Waals surface area contributed by atoms with Crippen LogP contribution < -0.4 is 5.73 Å². The SMILES string of the molecule is Cc1ccc2nc(CN)ccc2c1.Cl.Cl. The van der Waals surface area contributed by atoms with Crippen LogP contribution in [0.2, 0.25) is 0 Å².